The third-order valence-electron chi connectivity index (χ3n) is 10.5. The smallest absolute Gasteiger partial charge is 0.262 e. The van der Waals surface area contributed by atoms with E-state index in [1.807, 2.05) is 36.4 Å². The lowest BCUT2D eigenvalue weighted by molar-refractivity contribution is -0.133. The minimum Gasteiger partial charge on any atom is -0.508 e. The van der Waals surface area contributed by atoms with E-state index < -0.39 is 23.8 Å². The number of amides is 3. The van der Waals surface area contributed by atoms with Crippen molar-refractivity contribution >= 4 is 40.8 Å². The maximum atomic E-state index is 13.2. The predicted molar refractivity (Wildman–Crippen MR) is 209 cm³/mol. The van der Waals surface area contributed by atoms with Gasteiger partial charge in [0, 0.05) is 38.3 Å². The molecule has 1 unspecified atom stereocenters. The molecule has 3 amide bonds. The number of ether oxygens (including phenoxy) is 1. The van der Waals surface area contributed by atoms with E-state index in [0.29, 0.717) is 6.61 Å². The number of benzene rings is 4. The number of carbonyl (C=O) groups is 4. The summed E-state index contributed by atoms with van der Waals surface area (Å²) in [5.74, 6) is -0.564. The van der Waals surface area contributed by atoms with Gasteiger partial charge in [-0.05, 0) is 103 Å². The highest BCUT2D eigenvalue weighted by Crippen LogP contribution is 2.31. The first-order valence-electron chi connectivity index (χ1n) is 18.9. The zero-order valence-electron chi connectivity index (χ0n) is 30.4. The number of aryl methyl sites for hydroxylation is 1. The summed E-state index contributed by atoms with van der Waals surface area (Å²) in [4.78, 5) is 56.3. The second-order valence-corrected chi connectivity index (χ2v) is 14.2. The van der Waals surface area contributed by atoms with Crippen molar-refractivity contribution in [3.05, 3.63) is 125 Å². The highest BCUT2D eigenvalue weighted by molar-refractivity contribution is 6.23. The second kappa shape index (κ2) is 16.9. The summed E-state index contributed by atoms with van der Waals surface area (Å²) in [6.45, 7) is 5.04. The van der Waals surface area contributed by atoms with Crippen molar-refractivity contribution < 1.29 is 29.0 Å². The Hall–Kier alpha value is -5.74. The van der Waals surface area contributed by atoms with Gasteiger partial charge in [-0.25, -0.2) is 0 Å². The van der Waals surface area contributed by atoms with Crippen molar-refractivity contribution in [1.29, 1.82) is 0 Å². The molecule has 0 spiro atoms. The molecule has 0 saturated carbocycles. The van der Waals surface area contributed by atoms with Crippen LogP contribution < -0.4 is 15.0 Å². The van der Waals surface area contributed by atoms with Crippen LogP contribution in [-0.2, 0) is 16.0 Å². The Morgan fingerprint density at radius 1 is 0.796 bits per heavy atom. The van der Waals surface area contributed by atoms with Gasteiger partial charge in [-0.15, -0.1) is 0 Å². The topological polar surface area (TPSA) is 119 Å². The van der Waals surface area contributed by atoms with E-state index >= 15 is 0 Å². The lowest BCUT2D eigenvalue weighted by Gasteiger charge is -2.36. The van der Waals surface area contributed by atoms with E-state index in [1.165, 1.54) is 16.7 Å². The predicted octanol–water partition coefficient (Wildman–Crippen LogP) is 5.99. The number of nitrogens with one attached hydrogen (secondary N) is 1. The summed E-state index contributed by atoms with van der Waals surface area (Å²) < 4.78 is 6.07. The molecule has 4 aromatic carbocycles. The fourth-order valence-corrected chi connectivity index (χ4v) is 7.41. The number of imide groups is 1. The van der Waals surface area contributed by atoms with Crippen molar-refractivity contribution in [3.8, 4) is 11.5 Å². The van der Waals surface area contributed by atoms with Crippen LogP contribution in [0, 0.1) is 0 Å². The van der Waals surface area contributed by atoms with Gasteiger partial charge in [0.05, 0.1) is 24.3 Å². The van der Waals surface area contributed by atoms with Crippen LogP contribution in [0.1, 0.15) is 69.5 Å². The first kappa shape index (κ1) is 36.6. The van der Waals surface area contributed by atoms with Gasteiger partial charge in [0.15, 0.2) is 5.78 Å². The van der Waals surface area contributed by atoms with Crippen molar-refractivity contribution in [2.24, 2.45) is 0 Å². The first-order chi connectivity index (χ1) is 26.3. The number of nitrogens with zero attached hydrogens (tertiary/aromatic N) is 3. The number of aromatic hydroxyl groups is 1. The van der Waals surface area contributed by atoms with Gasteiger partial charge in [-0.1, -0.05) is 60.7 Å². The zero-order chi connectivity index (χ0) is 37.4. The van der Waals surface area contributed by atoms with Crippen LogP contribution >= 0.6 is 0 Å². The van der Waals surface area contributed by atoms with Crippen molar-refractivity contribution in [3.63, 3.8) is 0 Å². The third kappa shape index (κ3) is 8.72. The Kier molecular flexibility index (Phi) is 11.5. The molecule has 10 nitrogen and oxygen atoms in total. The molecule has 2 N–H and O–H groups in total. The zero-order valence-corrected chi connectivity index (χ0v) is 30.4. The number of piperidine rings is 1. The van der Waals surface area contributed by atoms with Crippen LogP contribution in [0.15, 0.2) is 97.1 Å². The molecule has 3 aliphatic rings. The molecule has 10 heteroatoms. The minimum atomic E-state index is -1.10. The number of phenolic OH excluding ortho intramolecular Hbond substituents is 1. The highest BCUT2D eigenvalue weighted by atomic mass is 16.5. The number of phenols is 1. The number of hydrogen-bond acceptors (Lipinski definition) is 8. The fourth-order valence-electron chi connectivity index (χ4n) is 7.41. The molecule has 2 fully saturated rings. The molecule has 0 radical (unpaired) electrons. The monoisotopic (exact) mass is 726 g/mol. The Bertz CT molecular complexity index is 2000. The molecule has 7 rings (SSSR count). The standard InChI is InChI=1S/C44H46N4O6/c49-36-16-10-31(11-17-36)9-14-34(33-7-3-1-4-8-33)27-32-12-18-38(19-13-32)54-26-6-2-5-21-46-22-24-47(25-23-46)35-15-20-39-40(28-35)44(53)48(43(39)52)41-29-37(50)30-45-42(41)51/h1,3-4,7-8,10-13,15-20,27-28,41,49H,2,5-6,9,14,21-26,29-30H2,(H,45,51)/b34-27-. The molecule has 4 aromatic rings. The van der Waals surface area contributed by atoms with Gasteiger partial charge in [-0.3, -0.25) is 29.0 Å². The van der Waals surface area contributed by atoms with Crippen LogP contribution in [0.3, 0.4) is 0 Å². The SMILES string of the molecule is O=C1CNC(=O)C(N2C(=O)c3ccc(N4CCN(CCCCCOc5ccc(/C=C(/CCc6ccc(O)cc6)c6ccccc6)cc5)CC4)cc3C2=O)C1. The third-order valence-corrected chi connectivity index (χ3v) is 10.5. The van der Waals surface area contributed by atoms with E-state index in [1.54, 1.807) is 24.3 Å². The van der Waals surface area contributed by atoms with Crippen LogP contribution in [0.2, 0.25) is 0 Å². The summed E-state index contributed by atoms with van der Waals surface area (Å²) >= 11 is 0. The summed E-state index contributed by atoms with van der Waals surface area (Å²) in [6, 6.07) is 30.3. The molecule has 0 aromatic heterocycles. The van der Waals surface area contributed by atoms with E-state index in [0.717, 1.165) is 86.7 Å². The number of hydrogen-bond donors (Lipinski definition) is 2. The molecule has 0 aliphatic carbocycles. The number of carbonyl (C=O) groups excluding carboxylic acids is 4. The molecule has 0 bridgehead atoms. The normalized spacial score (nSPS) is 17.9. The number of anilines is 1. The summed E-state index contributed by atoms with van der Waals surface area (Å²) in [6.07, 6.45) is 7.01. The molecule has 3 heterocycles. The molecule has 2 saturated heterocycles. The average molecular weight is 727 g/mol. The molecule has 278 valence electrons. The molecule has 1 atom stereocenters. The van der Waals surface area contributed by atoms with Crippen molar-refractivity contribution in [2.45, 2.75) is 44.6 Å². The van der Waals surface area contributed by atoms with Crippen LogP contribution in [-0.4, -0.2) is 90.3 Å². The summed E-state index contributed by atoms with van der Waals surface area (Å²) in [5, 5.41) is 12.1. The van der Waals surface area contributed by atoms with E-state index in [4.69, 9.17) is 4.74 Å². The van der Waals surface area contributed by atoms with Crippen molar-refractivity contribution in [1.82, 2.24) is 15.1 Å². The van der Waals surface area contributed by atoms with E-state index in [9.17, 15) is 24.3 Å². The molecule has 54 heavy (non-hydrogen) atoms. The van der Waals surface area contributed by atoms with Gasteiger partial charge >= 0.3 is 0 Å². The van der Waals surface area contributed by atoms with Gasteiger partial charge < -0.3 is 20.1 Å². The average Bonchev–Trinajstić information content (AvgIpc) is 3.45. The van der Waals surface area contributed by atoms with E-state index in [-0.39, 0.29) is 35.6 Å². The van der Waals surface area contributed by atoms with Crippen LogP contribution in [0.4, 0.5) is 5.69 Å². The lowest BCUT2D eigenvalue weighted by atomic mass is 9.96. The van der Waals surface area contributed by atoms with Crippen LogP contribution in [0.5, 0.6) is 11.5 Å². The molecular formula is C44H46N4O6. The Labute approximate surface area is 316 Å². The minimum absolute atomic E-state index is 0.0693. The number of piperazine rings is 1. The number of allylic oxidation sites excluding steroid dienone is 1. The van der Waals surface area contributed by atoms with E-state index in [2.05, 4.69) is 57.6 Å². The summed E-state index contributed by atoms with van der Waals surface area (Å²) in [7, 11) is 0. The Morgan fingerprint density at radius 3 is 2.30 bits per heavy atom. The summed E-state index contributed by atoms with van der Waals surface area (Å²) in [5.41, 5.74) is 6.22. The molecule has 3 aliphatic heterocycles. The molecular weight excluding hydrogens is 681 g/mol. The second-order valence-electron chi connectivity index (χ2n) is 14.2. The lowest BCUT2D eigenvalue weighted by Crippen LogP contribution is -2.55. The highest BCUT2D eigenvalue weighted by Gasteiger charge is 2.45. The van der Waals surface area contributed by atoms with Crippen LogP contribution in [0.25, 0.3) is 11.6 Å². The first-order valence-corrected chi connectivity index (χ1v) is 18.9. The number of ketones is 1. The fraction of sp³-hybridized carbons (Fsp3) is 0.318. The maximum Gasteiger partial charge on any atom is 0.262 e. The van der Waals surface area contributed by atoms with Gasteiger partial charge in [-0.2, -0.15) is 0 Å². The Morgan fingerprint density at radius 2 is 1.54 bits per heavy atom. The number of fused-ring (bicyclic) bond motifs is 1. The van der Waals surface area contributed by atoms with Crippen molar-refractivity contribution in [2.75, 3.05) is 50.8 Å². The maximum absolute atomic E-state index is 13.2. The quantitative estimate of drug-likeness (QED) is 0.0925. The van der Waals surface area contributed by atoms with Gasteiger partial charge in [0.25, 0.3) is 11.8 Å². The van der Waals surface area contributed by atoms with Gasteiger partial charge in [0.2, 0.25) is 5.91 Å². The number of rotatable bonds is 14. The Balaban J connectivity index is 0.826. The largest absolute Gasteiger partial charge is 0.508 e. The van der Waals surface area contributed by atoms with Gasteiger partial charge in [0.1, 0.15) is 17.5 Å². The number of Topliss-reactive ketones (excluding diaryl/α,β-unsaturated/α-hetero) is 1. The number of unbranched alkanes of at least 4 members (excludes halogenated alkanes) is 2.